The number of hydrogen-bond donors (Lipinski definition) is 1. The van der Waals surface area contributed by atoms with E-state index in [1.807, 2.05) is 0 Å². The Hall–Kier alpha value is -1.26. The summed E-state index contributed by atoms with van der Waals surface area (Å²) in [4.78, 5) is 24.2. The quantitative estimate of drug-likeness (QED) is 0.902. The van der Waals surface area contributed by atoms with Crippen LogP contribution in [0.15, 0.2) is 12.1 Å². The molecule has 17 heavy (non-hydrogen) atoms. The number of anilines is 1. The van der Waals surface area contributed by atoms with Gasteiger partial charge in [-0.15, -0.1) is 0 Å². The van der Waals surface area contributed by atoms with Crippen LogP contribution in [0.2, 0.25) is 10.0 Å². The molecule has 1 saturated heterocycles. The molecular formula is C11H9Cl2NO3. The van der Waals surface area contributed by atoms with Gasteiger partial charge in [-0.25, -0.2) is 4.79 Å². The maximum absolute atomic E-state index is 11.6. The van der Waals surface area contributed by atoms with Crippen LogP contribution in [0.5, 0.6) is 0 Å². The van der Waals surface area contributed by atoms with Crippen LogP contribution in [0.3, 0.4) is 0 Å². The van der Waals surface area contributed by atoms with Crippen molar-refractivity contribution in [3.8, 4) is 0 Å². The standard InChI is InChI=1S/C11H9Cl2NO3/c12-6-4-7(11(16)17)10(8(13)5-6)14-3-1-2-9(14)15/h4-5H,1-3H2,(H,16,17). The zero-order valence-electron chi connectivity index (χ0n) is 8.74. The largest absolute Gasteiger partial charge is 0.478 e. The Bertz CT molecular complexity index is 502. The van der Waals surface area contributed by atoms with E-state index in [1.54, 1.807) is 0 Å². The van der Waals surface area contributed by atoms with Crippen molar-refractivity contribution >= 4 is 40.8 Å². The molecular weight excluding hydrogens is 265 g/mol. The van der Waals surface area contributed by atoms with Crippen LogP contribution in [-0.2, 0) is 4.79 Å². The number of halogens is 2. The number of carboxylic acids is 1. The SMILES string of the molecule is O=C(O)c1cc(Cl)cc(Cl)c1N1CCCC1=O. The summed E-state index contributed by atoms with van der Waals surface area (Å²) in [5.74, 6) is -1.26. The monoisotopic (exact) mass is 273 g/mol. The van der Waals surface area contributed by atoms with E-state index >= 15 is 0 Å². The average molecular weight is 274 g/mol. The van der Waals surface area contributed by atoms with E-state index < -0.39 is 5.97 Å². The predicted octanol–water partition coefficient (Wildman–Crippen LogP) is 2.82. The van der Waals surface area contributed by atoms with Crippen molar-refractivity contribution in [2.45, 2.75) is 12.8 Å². The van der Waals surface area contributed by atoms with Crippen molar-refractivity contribution in [1.82, 2.24) is 0 Å². The molecule has 1 N–H and O–H groups in total. The number of rotatable bonds is 2. The van der Waals surface area contributed by atoms with Crippen LogP contribution < -0.4 is 4.90 Å². The highest BCUT2D eigenvalue weighted by Gasteiger charge is 2.28. The lowest BCUT2D eigenvalue weighted by Gasteiger charge is -2.19. The molecule has 6 heteroatoms. The number of carbonyl (C=O) groups excluding carboxylic acids is 1. The molecule has 0 spiro atoms. The summed E-state index contributed by atoms with van der Waals surface area (Å²) in [5.41, 5.74) is 0.198. The number of benzene rings is 1. The van der Waals surface area contributed by atoms with Crippen molar-refractivity contribution < 1.29 is 14.7 Å². The van der Waals surface area contributed by atoms with Crippen molar-refractivity contribution in [1.29, 1.82) is 0 Å². The van der Waals surface area contributed by atoms with E-state index in [-0.39, 0.29) is 27.2 Å². The molecule has 0 saturated carbocycles. The highest BCUT2D eigenvalue weighted by molar-refractivity contribution is 6.38. The smallest absolute Gasteiger partial charge is 0.337 e. The fourth-order valence-corrected chi connectivity index (χ4v) is 2.48. The maximum atomic E-state index is 11.6. The molecule has 0 atom stereocenters. The molecule has 1 fully saturated rings. The third kappa shape index (κ3) is 2.23. The highest BCUT2D eigenvalue weighted by Crippen LogP contribution is 2.35. The topological polar surface area (TPSA) is 57.6 Å². The summed E-state index contributed by atoms with van der Waals surface area (Å²) < 4.78 is 0. The molecule has 2 rings (SSSR count). The van der Waals surface area contributed by atoms with Gasteiger partial charge >= 0.3 is 5.97 Å². The number of nitrogens with zero attached hydrogens (tertiary/aromatic N) is 1. The van der Waals surface area contributed by atoms with Crippen LogP contribution in [-0.4, -0.2) is 23.5 Å². The molecule has 1 aliphatic rings. The molecule has 1 heterocycles. The normalized spacial score (nSPS) is 15.4. The Labute approximate surface area is 108 Å². The van der Waals surface area contributed by atoms with Gasteiger partial charge in [0.25, 0.3) is 0 Å². The third-order valence-corrected chi connectivity index (χ3v) is 3.11. The summed E-state index contributed by atoms with van der Waals surface area (Å²) in [5, 5.41) is 9.53. The van der Waals surface area contributed by atoms with E-state index in [0.29, 0.717) is 19.4 Å². The van der Waals surface area contributed by atoms with E-state index in [2.05, 4.69) is 0 Å². The molecule has 1 aromatic rings. The van der Waals surface area contributed by atoms with Crippen LogP contribution in [0, 0.1) is 0 Å². The molecule has 0 radical (unpaired) electrons. The lowest BCUT2D eigenvalue weighted by atomic mass is 10.1. The van der Waals surface area contributed by atoms with Gasteiger partial charge in [-0.1, -0.05) is 23.2 Å². The number of hydrogen-bond acceptors (Lipinski definition) is 2. The summed E-state index contributed by atoms with van der Waals surface area (Å²) in [6.45, 7) is 0.487. The van der Waals surface area contributed by atoms with Crippen LogP contribution in [0.25, 0.3) is 0 Å². The van der Waals surface area contributed by atoms with Gasteiger partial charge in [0.1, 0.15) is 0 Å². The second-order valence-corrected chi connectivity index (χ2v) is 4.58. The van der Waals surface area contributed by atoms with Gasteiger partial charge in [0.2, 0.25) is 5.91 Å². The van der Waals surface area contributed by atoms with Crippen molar-refractivity contribution in [2.75, 3.05) is 11.4 Å². The van der Waals surface area contributed by atoms with Gasteiger partial charge in [-0.05, 0) is 18.6 Å². The van der Waals surface area contributed by atoms with Crippen molar-refractivity contribution in [3.63, 3.8) is 0 Å². The van der Waals surface area contributed by atoms with Crippen molar-refractivity contribution in [2.24, 2.45) is 0 Å². The Kier molecular flexibility index (Phi) is 3.26. The van der Waals surface area contributed by atoms with E-state index in [0.717, 1.165) is 0 Å². The highest BCUT2D eigenvalue weighted by atomic mass is 35.5. The summed E-state index contributed by atoms with van der Waals surface area (Å²) >= 11 is 11.7. The Morgan fingerprint density at radius 1 is 1.35 bits per heavy atom. The van der Waals surface area contributed by atoms with Gasteiger partial charge < -0.3 is 10.0 Å². The van der Waals surface area contributed by atoms with Gasteiger partial charge in [-0.2, -0.15) is 0 Å². The molecule has 90 valence electrons. The summed E-state index contributed by atoms with van der Waals surface area (Å²) in [7, 11) is 0. The predicted molar refractivity (Wildman–Crippen MR) is 65.0 cm³/mol. The number of carbonyl (C=O) groups is 2. The zero-order valence-corrected chi connectivity index (χ0v) is 10.3. The van der Waals surface area contributed by atoms with Gasteiger partial charge in [-0.3, -0.25) is 4.79 Å². The second kappa shape index (κ2) is 4.55. The molecule has 0 aromatic heterocycles. The minimum absolute atomic E-state index is 0.0437. The first-order chi connectivity index (χ1) is 8.00. The van der Waals surface area contributed by atoms with Crippen molar-refractivity contribution in [3.05, 3.63) is 27.7 Å². The summed E-state index contributed by atoms with van der Waals surface area (Å²) in [6, 6.07) is 2.74. The summed E-state index contributed by atoms with van der Waals surface area (Å²) in [6.07, 6.45) is 1.12. The number of amides is 1. The molecule has 1 amide bonds. The Balaban J connectivity index is 2.58. The van der Waals surface area contributed by atoms with E-state index in [1.165, 1.54) is 17.0 Å². The first kappa shape index (κ1) is 12.2. The molecule has 1 aliphatic heterocycles. The van der Waals surface area contributed by atoms with Crippen LogP contribution >= 0.6 is 23.2 Å². The fraction of sp³-hybridized carbons (Fsp3) is 0.273. The third-order valence-electron chi connectivity index (χ3n) is 2.60. The first-order valence-corrected chi connectivity index (χ1v) is 5.79. The molecule has 1 aromatic carbocycles. The van der Waals surface area contributed by atoms with E-state index in [9.17, 15) is 9.59 Å². The van der Waals surface area contributed by atoms with Gasteiger partial charge in [0, 0.05) is 18.0 Å². The number of carboxylic acid groups (broad SMARTS) is 1. The second-order valence-electron chi connectivity index (χ2n) is 3.74. The van der Waals surface area contributed by atoms with E-state index in [4.69, 9.17) is 28.3 Å². The number of aromatic carboxylic acids is 1. The zero-order chi connectivity index (χ0) is 12.6. The molecule has 0 aliphatic carbocycles. The lowest BCUT2D eigenvalue weighted by molar-refractivity contribution is -0.117. The molecule has 0 bridgehead atoms. The lowest BCUT2D eigenvalue weighted by Crippen LogP contribution is -2.26. The average Bonchev–Trinajstić information content (AvgIpc) is 2.63. The molecule has 4 nitrogen and oxygen atoms in total. The minimum atomic E-state index is -1.15. The van der Waals surface area contributed by atoms with Crippen LogP contribution in [0.4, 0.5) is 5.69 Å². The fourth-order valence-electron chi connectivity index (χ4n) is 1.89. The Morgan fingerprint density at radius 3 is 2.59 bits per heavy atom. The van der Waals surface area contributed by atoms with Crippen LogP contribution in [0.1, 0.15) is 23.2 Å². The minimum Gasteiger partial charge on any atom is -0.478 e. The maximum Gasteiger partial charge on any atom is 0.337 e. The first-order valence-electron chi connectivity index (χ1n) is 5.03. The molecule has 0 unspecified atom stereocenters. The van der Waals surface area contributed by atoms with Gasteiger partial charge in [0.05, 0.1) is 16.3 Å². The Morgan fingerprint density at radius 2 is 2.06 bits per heavy atom. The van der Waals surface area contributed by atoms with Gasteiger partial charge in [0.15, 0.2) is 0 Å².